The van der Waals surface area contributed by atoms with Crippen molar-refractivity contribution >= 4 is 32.9 Å². The van der Waals surface area contributed by atoms with E-state index in [0.717, 1.165) is 9.54 Å². The summed E-state index contributed by atoms with van der Waals surface area (Å²) in [6.45, 7) is 1.90. The van der Waals surface area contributed by atoms with E-state index in [0.29, 0.717) is 10.5 Å². The first-order valence-electron chi connectivity index (χ1n) is 6.08. The summed E-state index contributed by atoms with van der Waals surface area (Å²) in [6.07, 6.45) is 4.47. The summed E-state index contributed by atoms with van der Waals surface area (Å²) in [5, 5.41) is 0.651. The third-order valence-electron chi connectivity index (χ3n) is 3.04. The molecule has 2 aromatic heterocycles. The van der Waals surface area contributed by atoms with Gasteiger partial charge in [0.05, 0.1) is 4.90 Å². The van der Waals surface area contributed by atoms with Crippen molar-refractivity contribution in [3.8, 4) is 0 Å². The highest BCUT2D eigenvalue weighted by atomic mass is 32.2. The lowest BCUT2D eigenvalue weighted by molar-refractivity contribution is 0.588. The third kappa shape index (κ3) is 2.30. The number of rotatable bonds is 3. The predicted octanol–water partition coefficient (Wildman–Crippen LogP) is 2.09. The first-order valence-corrected chi connectivity index (χ1v) is 8.75. The van der Waals surface area contributed by atoms with E-state index in [1.54, 1.807) is 24.3 Å². The number of nitrogens with zero attached hydrogens (tertiary/aromatic N) is 4. The first-order chi connectivity index (χ1) is 10.0. The van der Waals surface area contributed by atoms with Crippen LogP contribution in [0.2, 0.25) is 0 Å². The number of imidazole rings is 1. The van der Waals surface area contributed by atoms with Gasteiger partial charge in [-0.25, -0.2) is 27.3 Å². The second-order valence-corrected chi connectivity index (χ2v) is 7.02. The van der Waals surface area contributed by atoms with Gasteiger partial charge in [-0.05, 0) is 25.3 Å². The maximum atomic E-state index is 12.7. The van der Waals surface area contributed by atoms with Crippen LogP contribution >= 0.6 is 11.8 Å². The van der Waals surface area contributed by atoms with Crippen LogP contribution in [0.5, 0.6) is 0 Å². The van der Waals surface area contributed by atoms with E-state index >= 15 is 0 Å². The summed E-state index contributed by atoms with van der Waals surface area (Å²) >= 11 is 1.40. The minimum atomic E-state index is -3.71. The molecule has 0 N–H and O–H groups in total. The highest BCUT2D eigenvalue weighted by Crippen LogP contribution is 2.24. The van der Waals surface area contributed by atoms with Crippen LogP contribution in [0.4, 0.5) is 0 Å². The molecule has 0 bridgehead atoms. The van der Waals surface area contributed by atoms with Gasteiger partial charge in [0.2, 0.25) is 0 Å². The van der Waals surface area contributed by atoms with Gasteiger partial charge in [0.15, 0.2) is 5.65 Å². The zero-order valence-electron chi connectivity index (χ0n) is 11.4. The van der Waals surface area contributed by atoms with Crippen molar-refractivity contribution in [3.63, 3.8) is 0 Å². The summed E-state index contributed by atoms with van der Waals surface area (Å²) in [5.74, 6) is 0. The minimum Gasteiger partial charge on any atom is -0.231 e. The molecule has 0 aliphatic rings. The van der Waals surface area contributed by atoms with E-state index < -0.39 is 10.0 Å². The lowest BCUT2D eigenvalue weighted by atomic mass is 10.2. The molecule has 21 heavy (non-hydrogen) atoms. The zero-order chi connectivity index (χ0) is 15.0. The normalized spacial score (nSPS) is 11.9. The van der Waals surface area contributed by atoms with Crippen LogP contribution < -0.4 is 0 Å². The SMILES string of the molecule is CSc1ncnc2c1ncn2S(=O)(=O)c1ccc(C)cc1. The summed E-state index contributed by atoms with van der Waals surface area (Å²) in [4.78, 5) is 12.5. The molecular formula is C13H12N4O2S2. The van der Waals surface area contributed by atoms with Crippen molar-refractivity contribution in [1.82, 2.24) is 18.9 Å². The Bertz CT molecular complexity index is 902. The van der Waals surface area contributed by atoms with Gasteiger partial charge in [-0.1, -0.05) is 17.7 Å². The second-order valence-electron chi connectivity index (χ2n) is 4.41. The van der Waals surface area contributed by atoms with Crippen LogP contribution in [0.1, 0.15) is 5.56 Å². The maximum absolute atomic E-state index is 12.7. The van der Waals surface area contributed by atoms with Crippen LogP contribution in [-0.2, 0) is 10.0 Å². The molecule has 0 unspecified atom stereocenters. The molecule has 0 saturated heterocycles. The Hall–Kier alpha value is -1.93. The van der Waals surface area contributed by atoms with E-state index in [2.05, 4.69) is 15.0 Å². The third-order valence-corrected chi connectivity index (χ3v) is 5.38. The fraction of sp³-hybridized carbons (Fsp3) is 0.154. The van der Waals surface area contributed by atoms with Crippen molar-refractivity contribution in [2.75, 3.05) is 6.26 Å². The molecule has 0 radical (unpaired) electrons. The molecule has 0 spiro atoms. The molecule has 1 aromatic carbocycles. The molecule has 0 amide bonds. The molecule has 3 rings (SSSR count). The molecular weight excluding hydrogens is 308 g/mol. The number of hydrogen-bond acceptors (Lipinski definition) is 6. The summed E-state index contributed by atoms with van der Waals surface area (Å²) < 4.78 is 26.4. The van der Waals surface area contributed by atoms with Crippen LogP contribution in [-0.4, -0.2) is 33.6 Å². The molecule has 8 heteroatoms. The lowest BCUT2D eigenvalue weighted by Gasteiger charge is -2.06. The Labute approximate surface area is 126 Å². The van der Waals surface area contributed by atoms with Crippen molar-refractivity contribution in [3.05, 3.63) is 42.5 Å². The topological polar surface area (TPSA) is 77.7 Å². The number of hydrogen-bond donors (Lipinski definition) is 0. The smallest absolute Gasteiger partial charge is 0.231 e. The van der Waals surface area contributed by atoms with E-state index in [-0.39, 0.29) is 10.5 Å². The molecule has 2 heterocycles. The van der Waals surface area contributed by atoms with Crippen LogP contribution in [0.25, 0.3) is 11.2 Å². The summed E-state index contributed by atoms with van der Waals surface area (Å²) in [7, 11) is -3.71. The quantitative estimate of drug-likeness (QED) is 0.543. The number of benzene rings is 1. The van der Waals surface area contributed by atoms with Crippen LogP contribution in [0.3, 0.4) is 0 Å². The second kappa shape index (κ2) is 5.12. The van der Waals surface area contributed by atoms with E-state index in [9.17, 15) is 8.42 Å². The highest BCUT2D eigenvalue weighted by Gasteiger charge is 2.21. The summed E-state index contributed by atoms with van der Waals surface area (Å²) in [5.41, 5.74) is 1.77. The fourth-order valence-electron chi connectivity index (χ4n) is 1.94. The largest absolute Gasteiger partial charge is 0.270 e. The first kappa shape index (κ1) is 14.0. The van der Waals surface area contributed by atoms with Crippen molar-refractivity contribution < 1.29 is 8.42 Å². The fourth-order valence-corrected chi connectivity index (χ4v) is 3.67. The molecule has 0 aliphatic carbocycles. The molecule has 0 aliphatic heterocycles. The van der Waals surface area contributed by atoms with Crippen molar-refractivity contribution in [2.24, 2.45) is 0 Å². The van der Waals surface area contributed by atoms with Gasteiger partial charge in [0.25, 0.3) is 10.0 Å². The van der Waals surface area contributed by atoms with Crippen molar-refractivity contribution in [2.45, 2.75) is 16.8 Å². The number of fused-ring (bicyclic) bond motifs is 1. The standard InChI is InChI=1S/C13H12N4O2S2/c1-9-3-5-10(6-4-9)21(18,19)17-8-16-11-12(17)14-7-15-13(11)20-2/h3-8H,1-2H3. The lowest BCUT2D eigenvalue weighted by Crippen LogP contribution is -2.12. The minimum absolute atomic E-state index is 0.205. The number of thioether (sulfide) groups is 1. The van der Waals surface area contributed by atoms with Crippen LogP contribution in [0.15, 0.2) is 46.8 Å². The monoisotopic (exact) mass is 320 g/mol. The predicted molar refractivity (Wildman–Crippen MR) is 80.9 cm³/mol. The van der Waals surface area contributed by atoms with Gasteiger partial charge in [-0.3, -0.25) is 0 Å². The van der Waals surface area contributed by atoms with Gasteiger partial charge < -0.3 is 0 Å². The van der Waals surface area contributed by atoms with Gasteiger partial charge >= 0.3 is 0 Å². The van der Waals surface area contributed by atoms with E-state index in [1.165, 1.54) is 24.4 Å². The molecule has 108 valence electrons. The van der Waals surface area contributed by atoms with Gasteiger partial charge in [-0.15, -0.1) is 11.8 Å². The van der Waals surface area contributed by atoms with Gasteiger partial charge in [-0.2, -0.15) is 0 Å². The molecule has 0 atom stereocenters. The Morgan fingerprint density at radius 1 is 1.10 bits per heavy atom. The Morgan fingerprint density at radius 3 is 2.48 bits per heavy atom. The molecule has 0 fully saturated rings. The van der Waals surface area contributed by atoms with Gasteiger partial charge in [0.1, 0.15) is 23.2 Å². The highest BCUT2D eigenvalue weighted by molar-refractivity contribution is 7.98. The Morgan fingerprint density at radius 2 is 1.81 bits per heavy atom. The van der Waals surface area contributed by atoms with Crippen molar-refractivity contribution in [1.29, 1.82) is 0 Å². The Kier molecular flexibility index (Phi) is 3.42. The summed E-state index contributed by atoms with van der Waals surface area (Å²) in [6, 6.07) is 6.67. The van der Waals surface area contributed by atoms with E-state index in [4.69, 9.17) is 0 Å². The average Bonchev–Trinajstić information content (AvgIpc) is 2.92. The Balaban J connectivity index is 2.22. The molecule has 0 saturated carbocycles. The molecule has 6 nitrogen and oxygen atoms in total. The van der Waals surface area contributed by atoms with Gasteiger partial charge in [0, 0.05) is 0 Å². The number of aryl methyl sites for hydroxylation is 1. The zero-order valence-corrected chi connectivity index (χ0v) is 13.0. The number of aromatic nitrogens is 4. The maximum Gasteiger partial charge on any atom is 0.270 e. The van der Waals surface area contributed by atoms with E-state index in [1.807, 2.05) is 13.2 Å². The average molecular weight is 320 g/mol. The molecule has 3 aromatic rings. The van der Waals surface area contributed by atoms with Crippen LogP contribution in [0, 0.1) is 6.92 Å².